The molecule has 0 amide bonds. The maximum atomic E-state index is 12.0. The van der Waals surface area contributed by atoms with Gasteiger partial charge in [-0.15, -0.1) is 0 Å². The van der Waals surface area contributed by atoms with Gasteiger partial charge >= 0.3 is 0 Å². The van der Waals surface area contributed by atoms with E-state index in [1.807, 2.05) is 38.1 Å². The lowest BCUT2D eigenvalue weighted by Gasteiger charge is -2.20. The summed E-state index contributed by atoms with van der Waals surface area (Å²) in [5.41, 5.74) is 3.31. The van der Waals surface area contributed by atoms with Crippen LogP contribution in [0.15, 0.2) is 36.4 Å². The van der Waals surface area contributed by atoms with Gasteiger partial charge in [-0.1, -0.05) is 18.2 Å². The minimum Gasteiger partial charge on any atom is -0.544 e. The number of Topliss-reactive ketones (excluding diaryl/α,β-unsaturated/α-hetero) is 1. The minimum absolute atomic E-state index is 0.253. The molecule has 0 aromatic heterocycles. The van der Waals surface area contributed by atoms with Crippen molar-refractivity contribution in [3.8, 4) is 11.5 Å². The quantitative estimate of drug-likeness (QED) is 0.435. The third kappa shape index (κ3) is 5.03. The molecule has 0 spiro atoms. The lowest BCUT2D eigenvalue weighted by molar-refractivity contribution is 0.106. The highest BCUT2D eigenvalue weighted by molar-refractivity contribution is 6.70. The molecule has 0 aliphatic rings. The zero-order valence-electron chi connectivity index (χ0n) is 15.5. The summed E-state index contributed by atoms with van der Waals surface area (Å²) in [5.74, 6) is 1.23. The summed E-state index contributed by atoms with van der Waals surface area (Å²) in [6.07, 6.45) is 0.830. The van der Waals surface area contributed by atoms with Gasteiger partial charge in [-0.2, -0.15) is 0 Å². The molecule has 0 fully saturated rings. The van der Waals surface area contributed by atoms with Crippen LogP contribution in [0.3, 0.4) is 0 Å². The van der Waals surface area contributed by atoms with Crippen LogP contribution < -0.4 is 9.16 Å². The van der Waals surface area contributed by atoms with Crippen LogP contribution in [0.1, 0.15) is 27.0 Å². The summed E-state index contributed by atoms with van der Waals surface area (Å²) >= 11 is 0. The second kappa shape index (κ2) is 7.65. The molecule has 0 unspecified atom stereocenters. The molecule has 132 valence electrons. The van der Waals surface area contributed by atoms with Gasteiger partial charge in [0, 0.05) is 11.1 Å². The van der Waals surface area contributed by atoms with E-state index in [1.165, 1.54) is 0 Å². The van der Waals surface area contributed by atoms with Crippen LogP contribution in [0.4, 0.5) is 0 Å². The Bertz CT molecular complexity index is 774. The van der Waals surface area contributed by atoms with E-state index in [0.29, 0.717) is 5.56 Å². The van der Waals surface area contributed by atoms with Crippen LogP contribution in [-0.2, 0) is 6.61 Å². The molecule has 0 aliphatic heterocycles. The summed E-state index contributed by atoms with van der Waals surface area (Å²) < 4.78 is 12.0. The second-order valence-corrected chi connectivity index (χ2v) is 11.5. The Morgan fingerprint density at radius 1 is 1.12 bits per heavy atom. The van der Waals surface area contributed by atoms with Crippen molar-refractivity contribution in [3.05, 3.63) is 58.7 Å². The van der Waals surface area contributed by atoms with Crippen molar-refractivity contribution < 1.29 is 14.0 Å². The first-order valence-corrected chi connectivity index (χ1v) is 11.7. The van der Waals surface area contributed by atoms with Gasteiger partial charge in [0.1, 0.15) is 18.1 Å². The smallest absolute Gasteiger partial charge is 0.242 e. The molecule has 0 saturated heterocycles. The SMILES string of the molecule is Cc1cccc(C)c1OCc1cc(O[Si](C)(C)C)ccc1C(=O)C=N. The number of hydrogen-bond acceptors (Lipinski definition) is 4. The Hall–Kier alpha value is -2.40. The highest BCUT2D eigenvalue weighted by Gasteiger charge is 2.18. The Kier molecular flexibility index (Phi) is 5.80. The van der Waals surface area contributed by atoms with Crippen LogP contribution in [-0.4, -0.2) is 20.3 Å². The molecular weight excluding hydrogens is 330 g/mol. The van der Waals surface area contributed by atoms with Gasteiger partial charge in [0.2, 0.25) is 14.1 Å². The van der Waals surface area contributed by atoms with Crippen LogP contribution in [0.5, 0.6) is 11.5 Å². The minimum atomic E-state index is -1.75. The van der Waals surface area contributed by atoms with Crippen LogP contribution in [0, 0.1) is 19.3 Å². The van der Waals surface area contributed by atoms with E-state index >= 15 is 0 Å². The van der Waals surface area contributed by atoms with E-state index in [4.69, 9.17) is 14.6 Å². The first kappa shape index (κ1) is 18.9. The zero-order valence-corrected chi connectivity index (χ0v) is 16.5. The molecule has 2 aromatic rings. The largest absolute Gasteiger partial charge is 0.544 e. The Morgan fingerprint density at radius 2 is 1.76 bits per heavy atom. The maximum absolute atomic E-state index is 12.0. The average Bonchev–Trinajstić information content (AvgIpc) is 2.52. The van der Waals surface area contributed by atoms with E-state index < -0.39 is 8.32 Å². The average molecular weight is 356 g/mol. The molecule has 2 rings (SSSR count). The summed E-state index contributed by atoms with van der Waals surface area (Å²) in [6.45, 7) is 10.6. The molecule has 4 nitrogen and oxygen atoms in total. The Labute approximate surface area is 150 Å². The highest BCUT2D eigenvalue weighted by atomic mass is 28.4. The van der Waals surface area contributed by atoms with Crippen molar-refractivity contribution in [3.63, 3.8) is 0 Å². The number of para-hydroxylation sites is 1. The molecule has 0 aliphatic carbocycles. The van der Waals surface area contributed by atoms with Crippen molar-refractivity contribution in [1.29, 1.82) is 5.41 Å². The van der Waals surface area contributed by atoms with Crippen molar-refractivity contribution in [2.45, 2.75) is 40.1 Å². The fourth-order valence-electron chi connectivity index (χ4n) is 2.60. The fourth-order valence-corrected chi connectivity index (χ4v) is 3.44. The second-order valence-electron chi connectivity index (χ2n) is 7.05. The van der Waals surface area contributed by atoms with Gasteiger partial charge < -0.3 is 14.6 Å². The van der Waals surface area contributed by atoms with E-state index in [0.717, 1.165) is 34.4 Å². The fraction of sp³-hybridized carbons (Fsp3) is 0.300. The number of benzene rings is 2. The number of ether oxygens (including phenoxy) is 1. The van der Waals surface area contributed by atoms with Crippen LogP contribution in [0.2, 0.25) is 19.6 Å². The van der Waals surface area contributed by atoms with E-state index in [-0.39, 0.29) is 12.4 Å². The molecule has 0 saturated carbocycles. The number of aryl methyl sites for hydroxylation is 2. The third-order valence-corrected chi connectivity index (χ3v) is 4.53. The highest BCUT2D eigenvalue weighted by Crippen LogP contribution is 2.26. The maximum Gasteiger partial charge on any atom is 0.242 e. The zero-order chi connectivity index (χ0) is 18.6. The van der Waals surface area contributed by atoms with Gasteiger partial charge in [-0.05, 0) is 62.8 Å². The molecule has 1 N–H and O–H groups in total. The first-order chi connectivity index (χ1) is 11.7. The number of carbonyl (C=O) groups is 1. The standard InChI is InChI=1S/C20H25NO3Si/c1-14-7-6-8-15(2)20(14)23-13-16-11-17(24-25(3,4)5)9-10-18(16)19(22)12-21/h6-12,21H,13H2,1-5H3. The van der Waals surface area contributed by atoms with Gasteiger partial charge in [0.25, 0.3) is 0 Å². The van der Waals surface area contributed by atoms with Crippen molar-refractivity contribution in [2.75, 3.05) is 0 Å². The van der Waals surface area contributed by atoms with Crippen LogP contribution in [0.25, 0.3) is 0 Å². The first-order valence-electron chi connectivity index (χ1n) is 8.27. The number of hydrogen-bond donors (Lipinski definition) is 1. The normalized spacial score (nSPS) is 11.1. The summed E-state index contributed by atoms with van der Waals surface area (Å²) in [5, 5.41) is 7.27. The lowest BCUT2D eigenvalue weighted by atomic mass is 10.0. The lowest BCUT2D eigenvalue weighted by Crippen LogP contribution is -2.29. The number of carbonyl (C=O) groups excluding carboxylic acids is 1. The van der Waals surface area contributed by atoms with Crippen molar-refractivity contribution >= 4 is 20.3 Å². The summed E-state index contributed by atoms with van der Waals surface area (Å²) in [4.78, 5) is 12.0. The third-order valence-electron chi connectivity index (χ3n) is 3.68. The molecule has 5 heteroatoms. The molecule has 2 aromatic carbocycles. The Balaban J connectivity index is 2.34. The molecule has 0 radical (unpaired) electrons. The van der Waals surface area contributed by atoms with Crippen molar-refractivity contribution in [2.24, 2.45) is 0 Å². The number of ketones is 1. The van der Waals surface area contributed by atoms with E-state index in [2.05, 4.69) is 19.6 Å². The number of rotatable bonds is 7. The van der Waals surface area contributed by atoms with E-state index in [1.54, 1.807) is 12.1 Å². The Morgan fingerprint density at radius 3 is 2.32 bits per heavy atom. The topological polar surface area (TPSA) is 59.4 Å². The molecule has 0 bridgehead atoms. The summed E-state index contributed by atoms with van der Waals surface area (Å²) in [6, 6.07) is 11.3. The predicted octanol–water partition coefficient (Wildman–Crippen LogP) is 4.93. The predicted molar refractivity (Wildman–Crippen MR) is 104 cm³/mol. The van der Waals surface area contributed by atoms with Gasteiger partial charge in [-0.3, -0.25) is 4.79 Å². The summed E-state index contributed by atoms with van der Waals surface area (Å²) in [7, 11) is -1.75. The molecular formula is C20H25NO3Si. The van der Waals surface area contributed by atoms with Gasteiger partial charge in [-0.25, -0.2) is 0 Å². The molecule has 0 heterocycles. The van der Waals surface area contributed by atoms with Crippen molar-refractivity contribution in [1.82, 2.24) is 0 Å². The number of nitrogens with one attached hydrogen (secondary N) is 1. The monoisotopic (exact) mass is 355 g/mol. The van der Waals surface area contributed by atoms with Gasteiger partial charge in [0.05, 0.1) is 6.21 Å². The van der Waals surface area contributed by atoms with E-state index in [9.17, 15) is 4.79 Å². The molecule has 0 atom stereocenters. The molecule has 25 heavy (non-hydrogen) atoms. The van der Waals surface area contributed by atoms with Gasteiger partial charge in [0.15, 0.2) is 0 Å². The van der Waals surface area contributed by atoms with Crippen LogP contribution >= 0.6 is 0 Å².